The molecule has 21 heavy (non-hydrogen) atoms. The normalized spacial score (nSPS) is 11.2. The third-order valence-corrected chi connectivity index (χ3v) is 3.03. The predicted octanol–water partition coefficient (Wildman–Crippen LogP) is 4.16. The quantitative estimate of drug-likeness (QED) is 0.509. The van der Waals surface area contributed by atoms with E-state index in [9.17, 15) is 10.1 Å². The van der Waals surface area contributed by atoms with Gasteiger partial charge in [-0.1, -0.05) is 35.3 Å². The summed E-state index contributed by atoms with van der Waals surface area (Å²) in [6.45, 7) is 0. The number of hydrogen-bond donors (Lipinski definition) is 1. The largest absolute Gasteiger partial charge is 0.354 e. The van der Waals surface area contributed by atoms with Gasteiger partial charge in [-0.2, -0.15) is 0 Å². The first-order valence-electron chi connectivity index (χ1n) is 6.00. The summed E-state index contributed by atoms with van der Waals surface area (Å²) in [5.74, 6) is 0. The number of aromatic nitrogens is 1. The van der Waals surface area contributed by atoms with Crippen molar-refractivity contribution >= 4 is 28.9 Å². The number of nitrogens with one attached hydrogen (secondary N) is 1. The third-order valence-electron chi connectivity index (χ3n) is 2.57. The fourth-order valence-corrected chi connectivity index (χ4v) is 2.03. The molecule has 2 rings (SSSR count). The Morgan fingerprint density at radius 1 is 1.33 bits per heavy atom. The molecule has 0 amide bonds. The number of halogens is 2. The van der Waals surface area contributed by atoms with Crippen molar-refractivity contribution in [1.29, 1.82) is 0 Å². The molecule has 0 radical (unpaired) electrons. The van der Waals surface area contributed by atoms with Gasteiger partial charge in [-0.05, 0) is 29.8 Å². The second kappa shape index (κ2) is 7.06. The molecule has 0 aliphatic carbocycles. The molecule has 0 unspecified atom stereocenters. The van der Waals surface area contributed by atoms with Crippen molar-refractivity contribution in [1.82, 2.24) is 4.98 Å². The lowest BCUT2D eigenvalue weighted by Gasteiger charge is -2.09. The van der Waals surface area contributed by atoms with Crippen molar-refractivity contribution in [3.05, 3.63) is 80.3 Å². The molecular weight excluding hydrogens is 313 g/mol. The average molecular weight is 324 g/mol. The monoisotopic (exact) mass is 323 g/mol. The van der Waals surface area contributed by atoms with Gasteiger partial charge in [0.1, 0.15) is 5.15 Å². The number of pyridine rings is 1. The van der Waals surface area contributed by atoms with Crippen LogP contribution in [-0.2, 0) is 6.42 Å². The lowest BCUT2D eigenvalue weighted by Crippen LogP contribution is -2.06. The van der Waals surface area contributed by atoms with Crippen molar-refractivity contribution < 1.29 is 4.92 Å². The summed E-state index contributed by atoms with van der Waals surface area (Å²) in [5, 5.41) is 14.7. The van der Waals surface area contributed by atoms with Gasteiger partial charge < -0.3 is 5.32 Å². The zero-order valence-electron chi connectivity index (χ0n) is 10.8. The standard InChI is InChI=1S/C14H11Cl2N3O2/c15-11-2-1-3-12(7-11)18-13(9-19(20)21)6-10-4-5-14(16)17-8-10/h1-5,7-9,18H,6H2/b13-9+. The van der Waals surface area contributed by atoms with Gasteiger partial charge in [-0.25, -0.2) is 4.98 Å². The van der Waals surface area contributed by atoms with Crippen LogP contribution in [0.4, 0.5) is 5.69 Å². The minimum absolute atomic E-state index is 0.331. The van der Waals surface area contributed by atoms with Crippen molar-refractivity contribution in [3.63, 3.8) is 0 Å². The van der Waals surface area contributed by atoms with Crippen LogP contribution in [-0.4, -0.2) is 9.91 Å². The summed E-state index contributed by atoms with van der Waals surface area (Å²) >= 11 is 11.6. The van der Waals surface area contributed by atoms with E-state index in [2.05, 4.69) is 10.3 Å². The number of rotatable bonds is 5. The first kappa shape index (κ1) is 15.3. The highest BCUT2D eigenvalue weighted by molar-refractivity contribution is 6.30. The highest BCUT2D eigenvalue weighted by atomic mass is 35.5. The Balaban J connectivity index is 2.19. The van der Waals surface area contributed by atoms with Crippen LogP contribution in [0.1, 0.15) is 5.56 Å². The maximum Gasteiger partial charge on any atom is 0.253 e. The molecule has 0 atom stereocenters. The van der Waals surface area contributed by atoms with E-state index >= 15 is 0 Å². The van der Waals surface area contributed by atoms with E-state index in [-0.39, 0.29) is 0 Å². The third kappa shape index (κ3) is 5.06. The Hall–Kier alpha value is -2.11. The van der Waals surface area contributed by atoms with Gasteiger partial charge in [0.2, 0.25) is 0 Å². The second-order valence-corrected chi connectivity index (χ2v) is 5.06. The number of anilines is 1. The molecule has 2 aromatic rings. The van der Waals surface area contributed by atoms with E-state index in [1.54, 1.807) is 42.6 Å². The highest BCUT2D eigenvalue weighted by Gasteiger charge is 2.07. The first-order valence-corrected chi connectivity index (χ1v) is 6.76. The summed E-state index contributed by atoms with van der Waals surface area (Å²) in [5.41, 5.74) is 1.91. The summed E-state index contributed by atoms with van der Waals surface area (Å²) < 4.78 is 0. The molecule has 0 spiro atoms. The Bertz CT molecular complexity index is 672. The van der Waals surface area contributed by atoms with Crippen molar-refractivity contribution in [3.8, 4) is 0 Å². The van der Waals surface area contributed by atoms with Gasteiger partial charge in [0.05, 0.1) is 10.6 Å². The fraction of sp³-hybridized carbons (Fsp3) is 0.0714. The molecule has 1 aromatic carbocycles. The van der Waals surface area contributed by atoms with Gasteiger partial charge >= 0.3 is 0 Å². The smallest absolute Gasteiger partial charge is 0.253 e. The Morgan fingerprint density at radius 2 is 2.14 bits per heavy atom. The van der Waals surface area contributed by atoms with Gasteiger partial charge in [0.25, 0.3) is 6.20 Å². The van der Waals surface area contributed by atoms with E-state index in [1.807, 2.05) is 0 Å². The molecule has 0 saturated carbocycles. The molecule has 1 heterocycles. The highest BCUT2D eigenvalue weighted by Crippen LogP contribution is 2.18. The molecule has 1 aromatic heterocycles. The number of benzene rings is 1. The van der Waals surface area contributed by atoms with Crippen LogP contribution < -0.4 is 5.32 Å². The van der Waals surface area contributed by atoms with E-state index in [4.69, 9.17) is 23.2 Å². The maximum atomic E-state index is 10.7. The first-order chi connectivity index (χ1) is 10.0. The van der Waals surface area contributed by atoms with Crippen LogP contribution >= 0.6 is 23.2 Å². The Labute approximate surface area is 131 Å². The van der Waals surface area contributed by atoms with Crippen LogP contribution in [0.2, 0.25) is 10.2 Å². The van der Waals surface area contributed by atoms with Crippen LogP contribution in [0, 0.1) is 10.1 Å². The van der Waals surface area contributed by atoms with E-state index in [0.717, 1.165) is 11.8 Å². The lowest BCUT2D eigenvalue weighted by molar-refractivity contribution is -0.403. The van der Waals surface area contributed by atoms with Crippen molar-refractivity contribution in [2.75, 3.05) is 5.32 Å². The van der Waals surface area contributed by atoms with Crippen LogP contribution in [0.5, 0.6) is 0 Å². The van der Waals surface area contributed by atoms with Crippen molar-refractivity contribution in [2.24, 2.45) is 0 Å². The van der Waals surface area contributed by atoms with E-state index in [0.29, 0.717) is 28.0 Å². The van der Waals surface area contributed by atoms with Gasteiger partial charge in [-0.3, -0.25) is 10.1 Å². The number of nitrogens with zero attached hydrogens (tertiary/aromatic N) is 2. The second-order valence-electron chi connectivity index (χ2n) is 4.24. The number of allylic oxidation sites excluding steroid dienone is 1. The van der Waals surface area contributed by atoms with E-state index in [1.165, 1.54) is 0 Å². The summed E-state index contributed by atoms with van der Waals surface area (Å²) in [6.07, 6.45) is 2.84. The lowest BCUT2D eigenvalue weighted by atomic mass is 10.1. The zero-order chi connectivity index (χ0) is 15.2. The SMILES string of the molecule is O=[N+]([O-])/C=C(\Cc1ccc(Cl)nc1)Nc1cccc(Cl)c1. The molecule has 0 bridgehead atoms. The van der Waals surface area contributed by atoms with Crippen LogP contribution in [0.15, 0.2) is 54.5 Å². The predicted molar refractivity (Wildman–Crippen MR) is 83.1 cm³/mol. The number of nitro groups is 1. The van der Waals surface area contributed by atoms with E-state index < -0.39 is 4.92 Å². The molecule has 5 nitrogen and oxygen atoms in total. The Morgan fingerprint density at radius 3 is 2.76 bits per heavy atom. The maximum absolute atomic E-state index is 10.7. The molecule has 0 aliphatic rings. The molecule has 0 saturated heterocycles. The van der Waals surface area contributed by atoms with Gasteiger partial charge in [0, 0.05) is 23.3 Å². The summed E-state index contributed by atoms with van der Waals surface area (Å²) in [4.78, 5) is 14.2. The molecule has 0 aliphatic heterocycles. The van der Waals surface area contributed by atoms with Crippen LogP contribution in [0.25, 0.3) is 0 Å². The molecule has 0 fully saturated rings. The Kier molecular flexibility index (Phi) is 5.14. The fourth-order valence-electron chi connectivity index (χ4n) is 1.73. The van der Waals surface area contributed by atoms with Gasteiger partial charge in [-0.15, -0.1) is 0 Å². The number of hydrogen-bond acceptors (Lipinski definition) is 4. The van der Waals surface area contributed by atoms with Crippen LogP contribution in [0.3, 0.4) is 0 Å². The molecule has 7 heteroatoms. The topological polar surface area (TPSA) is 68.1 Å². The summed E-state index contributed by atoms with van der Waals surface area (Å²) in [6, 6.07) is 10.4. The van der Waals surface area contributed by atoms with Gasteiger partial charge in [0.15, 0.2) is 0 Å². The molecule has 108 valence electrons. The van der Waals surface area contributed by atoms with Crippen molar-refractivity contribution in [2.45, 2.75) is 6.42 Å². The minimum Gasteiger partial charge on any atom is -0.354 e. The summed E-state index contributed by atoms with van der Waals surface area (Å²) in [7, 11) is 0. The average Bonchev–Trinajstić information content (AvgIpc) is 2.40. The molecule has 1 N–H and O–H groups in total. The minimum atomic E-state index is -0.504. The zero-order valence-corrected chi connectivity index (χ0v) is 12.3. The molecular formula is C14H11Cl2N3O2.